The van der Waals surface area contributed by atoms with E-state index in [1.54, 1.807) is 11.8 Å². The van der Waals surface area contributed by atoms with Gasteiger partial charge in [-0.05, 0) is 46.9 Å². The van der Waals surface area contributed by atoms with E-state index in [4.69, 9.17) is 18.9 Å². The van der Waals surface area contributed by atoms with Gasteiger partial charge in [0.25, 0.3) is 0 Å². The Balaban J connectivity index is 1.25. The lowest BCUT2D eigenvalue weighted by molar-refractivity contribution is -0.105. The first-order valence-electron chi connectivity index (χ1n) is 17.2. The first-order valence-corrected chi connectivity index (χ1v) is 18.1. The standard InChI is InChI=1S/C45H42O4S/c1-34-27-29-40(30-28-34)50-44-43(47-32-36-19-9-3-10-20-36)42(46-31-35-17-7-2-8-18-35)41(49-44)33-48-45(37-21-11-4-12-22-37,38-23-13-5-14-24-38)39-25-15-6-16-26-39/h2-30,41-44H,31-33H2,1H3/t41-,42+,43-,44+/m1/s1. The molecule has 5 heteroatoms. The van der Waals surface area contributed by atoms with E-state index in [1.165, 1.54) is 5.56 Å². The number of hydrogen-bond donors (Lipinski definition) is 0. The molecule has 7 rings (SSSR count). The second-order valence-corrected chi connectivity index (χ2v) is 13.8. The Hall–Kier alpha value is -4.49. The number of hydrogen-bond acceptors (Lipinski definition) is 5. The molecule has 0 aromatic heterocycles. The van der Waals surface area contributed by atoms with Crippen molar-refractivity contribution in [2.24, 2.45) is 0 Å². The number of benzene rings is 6. The molecule has 0 unspecified atom stereocenters. The molecule has 1 fully saturated rings. The van der Waals surface area contributed by atoms with Crippen molar-refractivity contribution in [3.05, 3.63) is 209 Å². The molecular weight excluding hydrogens is 637 g/mol. The van der Waals surface area contributed by atoms with Crippen LogP contribution in [-0.4, -0.2) is 30.4 Å². The van der Waals surface area contributed by atoms with Crippen LogP contribution < -0.4 is 0 Å². The zero-order chi connectivity index (χ0) is 34.0. The first kappa shape index (κ1) is 34.0. The molecule has 0 N–H and O–H groups in total. The van der Waals surface area contributed by atoms with Crippen LogP contribution in [-0.2, 0) is 37.8 Å². The fraction of sp³-hybridized carbons (Fsp3) is 0.200. The van der Waals surface area contributed by atoms with E-state index in [9.17, 15) is 0 Å². The Morgan fingerprint density at radius 2 is 0.940 bits per heavy atom. The lowest BCUT2D eigenvalue weighted by atomic mass is 9.80. The minimum absolute atomic E-state index is 0.272. The van der Waals surface area contributed by atoms with Gasteiger partial charge in [0, 0.05) is 4.90 Å². The summed E-state index contributed by atoms with van der Waals surface area (Å²) in [4.78, 5) is 1.12. The van der Waals surface area contributed by atoms with Crippen LogP contribution in [0.4, 0.5) is 0 Å². The van der Waals surface area contributed by atoms with E-state index < -0.39 is 17.8 Å². The lowest BCUT2D eigenvalue weighted by Crippen LogP contribution is -2.41. The van der Waals surface area contributed by atoms with Gasteiger partial charge in [-0.15, -0.1) is 0 Å². The van der Waals surface area contributed by atoms with Gasteiger partial charge in [-0.3, -0.25) is 0 Å². The van der Waals surface area contributed by atoms with Crippen molar-refractivity contribution in [2.75, 3.05) is 6.61 Å². The number of aryl methyl sites for hydroxylation is 1. The van der Waals surface area contributed by atoms with Crippen molar-refractivity contribution in [3.8, 4) is 0 Å². The number of rotatable bonds is 14. The summed E-state index contributed by atoms with van der Waals surface area (Å²) in [5, 5.41) is 0. The Labute approximate surface area is 300 Å². The van der Waals surface area contributed by atoms with E-state index in [1.807, 2.05) is 54.6 Å². The molecule has 0 bridgehead atoms. The normalized spacial score (nSPS) is 19.0. The third-order valence-corrected chi connectivity index (χ3v) is 10.3. The van der Waals surface area contributed by atoms with E-state index in [0.29, 0.717) is 13.2 Å². The molecule has 0 radical (unpaired) electrons. The van der Waals surface area contributed by atoms with Crippen LogP contribution in [0.1, 0.15) is 33.4 Å². The second kappa shape index (κ2) is 16.5. The fourth-order valence-electron chi connectivity index (χ4n) is 6.56. The van der Waals surface area contributed by atoms with Crippen molar-refractivity contribution in [3.63, 3.8) is 0 Å². The average Bonchev–Trinajstić information content (AvgIpc) is 3.51. The third kappa shape index (κ3) is 7.94. The molecule has 0 aliphatic carbocycles. The van der Waals surface area contributed by atoms with Crippen molar-refractivity contribution in [1.29, 1.82) is 0 Å². The maximum Gasteiger partial charge on any atom is 0.143 e. The Kier molecular flexibility index (Phi) is 11.2. The molecule has 0 spiro atoms. The van der Waals surface area contributed by atoms with Gasteiger partial charge in [-0.25, -0.2) is 0 Å². The van der Waals surface area contributed by atoms with Crippen LogP contribution in [0.2, 0.25) is 0 Å². The number of thioether (sulfide) groups is 1. The van der Waals surface area contributed by atoms with Crippen LogP contribution in [0.5, 0.6) is 0 Å². The van der Waals surface area contributed by atoms with Gasteiger partial charge >= 0.3 is 0 Å². The highest BCUT2D eigenvalue weighted by Gasteiger charge is 2.49. The summed E-state index contributed by atoms with van der Waals surface area (Å²) < 4.78 is 27.9. The van der Waals surface area contributed by atoms with Crippen LogP contribution in [0.25, 0.3) is 0 Å². The molecule has 1 saturated heterocycles. The highest BCUT2D eigenvalue weighted by molar-refractivity contribution is 7.99. The first-order chi connectivity index (χ1) is 24.7. The summed E-state index contributed by atoms with van der Waals surface area (Å²) in [6.07, 6.45) is -1.18. The minimum Gasteiger partial charge on any atom is -0.368 e. The van der Waals surface area contributed by atoms with Crippen LogP contribution >= 0.6 is 11.8 Å². The van der Waals surface area contributed by atoms with Gasteiger partial charge in [0.05, 0.1) is 19.8 Å². The zero-order valence-corrected chi connectivity index (χ0v) is 29.0. The van der Waals surface area contributed by atoms with Gasteiger partial charge in [0.15, 0.2) is 0 Å². The Morgan fingerprint density at radius 3 is 1.40 bits per heavy atom. The molecule has 1 aliphatic rings. The maximum atomic E-state index is 7.31. The lowest BCUT2D eigenvalue weighted by Gasteiger charge is -2.37. The predicted octanol–water partition coefficient (Wildman–Crippen LogP) is 9.99. The molecule has 0 saturated carbocycles. The monoisotopic (exact) mass is 678 g/mol. The molecule has 6 aromatic rings. The van der Waals surface area contributed by atoms with Crippen LogP contribution in [0, 0.1) is 6.92 Å². The summed E-state index contributed by atoms with van der Waals surface area (Å²) in [5.41, 5.74) is 5.32. The molecule has 0 amide bonds. The molecule has 1 aliphatic heterocycles. The second-order valence-electron chi connectivity index (χ2n) is 12.6. The predicted molar refractivity (Wildman–Crippen MR) is 201 cm³/mol. The Bertz CT molecular complexity index is 1770. The molecular formula is C45H42O4S. The van der Waals surface area contributed by atoms with Crippen molar-refractivity contribution < 1.29 is 18.9 Å². The molecule has 50 heavy (non-hydrogen) atoms. The van der Waals surface area contributed by atoms with E-state index in [2.05, 4.69) is 128 Å². The van der Waals surface area contributed by atoms with Crippen LogP contribution in [0.3, 0.4) is 0 Å². The molecule has 4 nitrogen and oxygen atoms in total. The highest BCUT2D eigenvalue weighted by Crippen LogP contribution is 2.43. The molecule has 4 atom stereocenters. The van der Waals surface area contributed by atoms with Gasteiger partial charge in [0.1, 0.15) is 29.3 Å². The van der Waals surface area contributed by atoms with Gasteiger partial charge in [-0.2, -0.15) is 0 Å². The van der Waals surface area contributed by atoms with Gasteiger partial charge in [-0.1, -0.05) is 181 Å². The Morgan fingerprint density at radius 1 is 0.520 bits per heavy atom. The summed E-state index contributed by atoms with van der Waals surface area (Å²) in [5.74, 6) is 0. The summed E-state index contributed by atoms with van der Waals surface area (Å²) in [6, 6.07) is 60.5. The molecule has 1 heterocycles. The summed E-state index contributed by atoms with van der Waals surface area (Å²) in [6.45, 7) is 3.25. The van der Waals surface area contributed by atoms with Gasteiger partial charge in [0.2, 0.25) is 0 Å². The average molecular weight is 679 g/mol. The van der Waals surface area contributed by atoms with Crippen molar-refractivity contribution in [1.82, 2.24) is 0 Å². The van der Waals surface area contributed by atoms with E-state index in [0.717, 1.165) is 32.7 Å². The minimum atomic E-state index is -0.889. The maximum absolute atomic E-state index is 7.31. The zero-order valence-electron chi connectivity index (χ0n) is 28.2. The van der Waals surface area contributed by atoms with E-state index in [-0.39, 0.29) is 18.1 Å². The van der Waals surface area contributed by atoms with Gasteiger partial charge < -0.3 is 18.9 Å². The smallest absolute Gasteiger partial charge is 0.143 e. The van der Waals surface area contributed by atoms with Crippen molar-refractivity contribution in [2.45, 2.75) is 54.4 Å². The molecule has 6 aromatic carbocycles. The van der Waals surface area contributed by atoms with E-state index >= 15 is 0 Å². The van der Waals surface area contributed by atoms with Crippen LogP contribution in [0.15, 0.2) is 181 Å². The fourth-order valence-corrected chi connectivity index (χ4v) is 7.69. The van der Waals surface area contributed by atoms with Crippen molar-refractivity contribution >= 4 is 11.8 Å². The SMILES string of the molecule is Cc1ccc(S[C@@H]2O[C@H](COC(c3ccccc3)(c3ccccc3)c3ccccc3)[C@H](OCc3ccccc3)[C@H]2OCc2ccccc2)cc1. The quantitative estimate of drug-likeness (QED) is 0.107. The largest absolute Gasteiger partial charge is 0.368 e. The summed E-state index contributed by atoms with van der Waals surface area (Å²) >= 11 is 1.67. The topological polar surface area (TPSA) is 36.9 Å². The molecule has 252 valence electrons. The summed E-state index contributed by atoms with van der Waals surface area (Å²) in [7, 11) is 0. The third-order valence-electron chi connectivity index (χ3n) is 9.12. The highest BCUT2D eigenvalue weighted by atomic mass is 32.2. The number of ether oxygens (including phenoxy) is 4.